The number of nitrogens with zero attached hydrogens (tertiary/aromatic N) is 2. The van der Waals surface area contributed by atoms with Crippen LogP contribution in [0, 0.1) is 19.1 Å². The normalized spacial score (nSPS) is 10.7. The Morgan fingerprint density at radius 3 is 2.31 bits per heavy atom. The van der Waals surface area contributed by atoms with Gasteiger partial charge >= 0.3 is 0 Å². The average molecular weight is 647 g/mol. The van der Waals surface area contributed by atoms with Crippen molar-refractivity contribution in [3.8, 4) is 22.5 Å². The summed E-state index contributed by atoms with van der Waals surface area (Å²) < 4.78 is 6.04. The summed E-state index contributed by atoms with van der Waals surface area (Å²) in [7, 11) is 0. The zero-order valence-electron chi connectivity index (χ0n) is 20.5. The van der Waals surface area contributed by atoms with Crippen LogP contribution in [0.25, 0.3) is 44.5 Å². The molecule has 4 heteroatoms. The zero-order chi connectivity index (χ0) is 24.2. The summed E-state index contributed by atoms with van der Waals surface area (Å²) in [6.07, 6.45) is 3.74. The Morgan fingerprint density at radius 1 is 0.778 bits per heavy atom. The molecule has 181 valence electrons. The van der Waals surface area contributed by atoms with E-state index < -0.39 is 0 Å². The van der Waals surface area contributed by atoms with E-state index in [1.165, 1.54) is 11.1 Å². The van der Waals surface area contributed by atoms with E-state index in [2.05, 4.69) is 61.1 Å². The van der Waals surface area contributed by atoms with E-state index in [0.717, 1.165) is 44.5 Å². The average Bonchev–Trinajstić information content (AvgIpc) is 3.29. The molecule has 0 aliphatic carbocycles. The maximum atomic E-state index is 6.04. The van der Waals surface area contributed by atoms with Crippen molar-refractivity contribution < 1.29 is 24.5 Å². The Balaban J connectivity index is 0.000000187. The molecular weight excluding hydrogens is 621 g/mol. The summed E-state index contributed by atoms with van der Waals surface area (Å²) in [6, 6.07) is 34.7. The number of rotatable bonds is 3. The SMILES string of the molecule is CC(C)c1ccc(-c2[c-]ccc3c2oc2ccccc23)nc1.Cc1cc[c-]c(-c2ccccn2)c1.[Ir]. The van der Waals surface area contributed by atoms with Crippen molar-refractivity contribution in [1.29, 1.82) is 0 Å². The van der Waals surface area contributed by atoms with Crippen LogP contribution in [0.4, 0.5) is 0 Å². The summed E-state index contributed by atoms with van der Waals surface area (Å²) in [5.74, 6) is 0.479. The van der Waals surface area contributed by atoms with E-state index >= 15 is 0 Å². The van der Waals surface area contributed by atoms with Gasteiger partial charge in [0.15, 0.2) is 0 Å². The fraction of sp³-hybridized carbons (Fsp3) is 0.125. The molecule has 0 saturated heterocycles. The molecule has 0 amide bonds. The van der Waals surface area contributed by atoms with Crippen LogP contribution in [-0.4, -0.2) is 9.97 Å². The first kappa shape index (κ1) is 25.5. The van der Waals surface area contributed by atoms with E-state index in [4.69, 9.17) is 4.42 Å². The summed E-state index contributed by atoms with van der Waals surface area (Å²) in [5, 5.41) is 2.24. The van der Waals surface area contributed by atoms with Crippen molar-refractivity contribution in [3.63, 3.8) is 0 Å². The topological polar surface area (TPSA) is 38.9 Å². The molecule has 6 rings (SSSR count). The van der Waals surface area contributed by atoms with Crippen LogP contribution in [-0.2, 0) is 20.1 Å². The van der Waals surface area contributed by atoms with Gasteiger partial charge in [-0.05, 0) is 35.0 Å². The molecule has 0 aliphatic rings. The largest absolute Gasteiger partial charge is 0.501 e. The predicted molar refractivity (Wildman–Crippen MR) is 143 cm³/mol. The van der Waals surface area contributed by atoms with Gasteiger partial charge in [0.2, 0.25) is 0 Å². The zero-order valence-corrected chi connectivity index (χ0v) is 22.8. The van der Waals surface area contributed by atoms with Crippen molar-refractivity contribution in [2.24, 2.45) is 0 Å². The minimum Gasteiger partial charge on any atom is -0.501 e. The van der Waals surface area contributed by atoms with E-state index in [1.54, 1.807) is 6.20 Å². The molecule has 3 heterocycles. The summed E-state index contributed by atoms with van der Waals surface area (Å²) in [6.45, 7) is 6.41. The number of para-hydroxylation sites is 1. The molecular formula is C32H26IrN2O-2. The monoisotopic (exact) mass is 647 g/mol. The van der Waals surface area contributed by atoms with Crippen LogP contribution in [0.15, 0.2) is 102 Å². The molecule has 0 spiro atoms. The molecule has 3 aromatic carbocycles. The Bertz CT molecular complexity index is 1570. The molecule has 0 saturated carbocycles. The van der Waals surface area contributed by atoms with Gasteiger partial charge in [-0.2, -0.15) is 0 Å². The molecule has 0 fully saturated rings. The second kappa shape index (κ2) is 11.4. The molecule has 1 radical (unpaired) electrons. The van der Waals surface area contributed by atoms with Gasteiger partial charge in [0.1, 0.15) is 5.58 Å². The summed E-state index contributed by atoms with van der Waals surface area (Å²) in [4.78, 5) is 8.86. The van der Waals surface area contributed by atoms with Crippen LogP contribution >= 0.6 is 0 Å². The maximum absolute atomic E-state index is 6.04. The van der Waals surface area contributed by atoms with Gasteiger partial charge in [-0.15, -0.1) is 53.6 Å². The van der Waals surface area contributed by atoms with E-state index in [9.17, 15) is 0 Å². The van der Waals surface area contributed by atoms with Crippen LogP contribution in [0.2, 0.25) is 0 Å². The third-order valence-electron chi connectivity index (χ3n) is 5.95. The molecule has 36 heavy (non-hydrogen) atoms. The van der Waals surface area contributed by atoms with Gasteiger partial charge in [-0.25, -0.2) is 0 Å². The van der Waals surface area contributed by atoms with Gasteiger partial charge in [0.05, 0.1) is 5.58 Å². The quantitative estimate of drug-likeness (QED) is 0.181. The van der Waals surface area contributed by atoms with Gasteiger partial charge in [0, 0.05) is 37.9 Å². The Kier molecular flexibility index (Phi) is 8.10. The van der Waals surface area contributed by atoms with Gasteiger partial charge < -0.3 is 14.4 Å². The number of fused-ring (bicyclic) bond motifs is 3. The third kappa shape index (κ3) is 5.46. The van der Waals surface area contributed by atoms with E-state index in [1.807, 2.05) is 72.9 Å². The molecule has 6 aromatic rings. The second-order valence-electron chi connectivity index (χ2n) is 8.82. The fourth-order valence-corrected chi connectivity index (χ4v) is 4.03. The van der Waals surface area contributed by atoms with Crippen LogP contribution in [0.3, 0.4) is 0 Å². The van der Waals surface area contributed by atoms with Crippen molar-refractivity contribution in [2.45, 2.75) is 26.7 Å². The number of aryl methyl sites for hydroxylation is 1. The smallest absolute Gasteiger partial charge is 0.120 e. The van der Waals surface area contributed by atoms with Gasteiger partial charge in [0.25, 0.3) is 0 Å². The maximum Gasteiger partial charge on any atom is 0.120 e. The van der Waals surface area contributed by atoms with Crippen molar-refractivity contribution >= 4 is 21.9 Å². The minimum atomic E-state index is 0. The van der Waals surface area contributed by atoms with Crippen molar-refractivity contribution in [3.05, 3.63) is 121 Å². The van der Waals surface area contributed by atoms with Crippen molar-refractivity contribution in [2.75, 3.05) is 0 Å². The molecule has 0 N–H and O–H groups in total. The van der Waals surface area contributed by atoms with Gasteiger partial charge in [-0.1, -0.05) is 74.2 Å². The first-order valence-electron chi connectivity index (χ1n) is 11.8. The van der Waals surface area contributed by atoms with Crippen molar-refractivity contribution in [1.82, 2.24) is 9.97 Å². The molecule has 0 unspecified atom stereocenters. The van der Waals surface area contributed by atoms with Crippen LogP contribution < -0.4 is 0 Å². The molecule has 0 aliphatic heterocycles. The summed E-state index contributed by atoms with van der Waals surface area (Å²) >= 11 is 0. The van der Waals surface area contributed by atoms with Crippen LogP contribution in [0.5, 0.6) is 0 Å². The van der Waals surface area contributed by atoms with E-state index in [-0.39, 0.29) is 20.1 Å². The van der Waals surface area contributed by atoms with Crippen LogP contribution in [0.1, 0.15) is 30.9 Å². The molecule has 3 aromatic heterocycles. The number of hydrogen-bond donors (Lipinski definition) is 0. The molecule has 3 nitrogen and oxygen atoms in total. The van der Waals surface area contributed by atoms with Gasteiger partial charge in [-0.3, -0.25) is 0 Å². The second-order valence-corrected chi connectivity index (χ2v) is 8.82. The Morgan fingerprint density at radius 2 is 1.58 bits per heavy atom. The minimum absolute atomic E-state index is 0. The Labute approximate surface area is 225 Å². The number of pyridine rings is 2. The fourth-order valence-electron chi connectivity index (χ4n) is 4.03. The molecule has 0 atom stereocenters. The Hall–Kier alpha value is -3.59. The summed E-state index contributed by atoms with van der Waals surface area (Å²) in [5.41, 5.74) is 8.08. The predicted octanol–water partition coefficient (Wildman–Crippen LogP) is 8.43. The standard InChI is InChI=1S/C20H16NO.C12H10N.Ir/c1-13(2)14-10-11-18(21-12-14)17-8-5-7-16-15-6-3-4-9-19(15)22-20(16)17;1-10-5-4-6-11(9-10)12-7-2-3-8-13-12;/h3-7,9-13H,1-2H3;2-5,7-9H,1H3;/q2*-1;. The first-order valence-corrected chi connectivity index (χ1v) is 11.8. The van der Waals surface area contributed by atoms with E-state index in [0.29, 0.717) is 5.92 Å². The number of aromatic nitrogens is 2. The first-order chi connectivity index (χ1) is 17.1. The number of benzene rings is 3. The molecule has 0 bridgehead atoms. The number of hydrogen-bond acceptors (Lipinski definition) is 3. The third-order valence-corrected chi connectivity index (χ3v) is 5.95. The number of furan rings is 1.